The van der Waals surface area contributed by atoms with Gasteiger partial charge in [0.25, 0.3) is 0 Å². The van der Waals surface area contributed by atoms with Crippen LogP contribution in [-0.2, 0) is 0 Å². The monoisotopic (exact) mass is 636 g/mol. The van der Waals surface area contributed by atoms with Crippen LogP contribution in [0.5, 0.6) is 0 Å². The highest BCUT2D eigenvalue weighted by atomic mass is 15.2. The third-order valence-electron chi connectivity index (χ3n) is 10.3. The molecular weight excluding hydrogens is 609 g/mol. The van der Waals surface area contributed by atoms with Gasteiger partial charge in [0, 0.05) is 32.5 Å². The number of nitrogens with zero attached hydrogens (tertiary/aromatic N) is 4. The average Bonchev–Trinajstić information content (AvgIpc) is 3.83. The Morgan fingerprint density at radius 3 is 1.62 bits per heavy atom. The molecule has 5 aromatic heterocycles. The SMILES string of the molecule is c1ccc(-c2ccc(-c3ccc(-c4nc(-n5c6ccccc6c6c5c5c7ccccc7c7cccc6n75)nc5ccccc45)cc3)cc2)cc1. The van der Waals surface area contributed by atoms with Crippen molar-refractivity contribution in [2.75, 3.05) is 0 Å². The zero-order valence-electron chi connectivity index (χ0n) is 27.0. The van der Waals surface area contributed by atoms with E-state index in [1.807, 2.05) is 0 Å². The fourth-order valence-electron chi connectivity index (χ4n) is 8.04. The van der Waals surface area contributed by atoms with Crippen LogP contribution >= 0.6 is 0 Å². The van der Waals surface area contributed by atoms with Crippen molar-refractivity contribution in [3.8, 4) is 39.5 Å². The first kappa shape index (κ1) is 27.2. The average molecular weight is 637 g/mol. The molecule has 0 amide bonds. The van der Waals surface area contributed by atoms with Crippen molar-refractivity contribution < 1.29 is 0 Å². The first-order valence-electron chi connectivity index (χ1n) is 17.0. The van der Waals surface area contributed by atoms with E-state index in [4.69, 9.17) is 9.97 Å². The highest BCUT2D eigenvalue weighted by Gasteiger charge is 2.25. The van der Waals surface area contributed by atoms with Crippen LogP contribution in [0.25, 0.3) is 99.5 Å². The summed E-state index contributed by atoms with van der Waals surface area (Å²) in [6, 6.07) is 60.5. The first-order valence-corrected chi connectivity index (χ1v) is 17.0. The van der Waals surface area contributed by atoms with E-state index in [2.05, 4.69) is 179 Å². The zero-order valence-corrected chi connectivity index (χ0v) is 27.0. The van der Waals surface area contributed by atoms with Crippen LogP contribution in [0, 0.1) is 0 Å². The van der Waals surface area contributed by atoms with E-state index in [1.54, 1.807) is 0 Å². The van der Waals surface area contributed by atoms with Gasteiger partial charge >= 0.3 is 0 Å². The predicted molar refractivity (Wildman–Crippen MR) is 207 cm³/mol. The van der Waals surface area contributed by atoms with Crippen LogP contribution in [0.3, 0.4) is 0 Å². The molecule has 11 rings (SSSR count). The van der Waals surface area contributed by atoms with Gasteiger partial charge in [-0.05, 0) is 46.5 Å². The molecule has 0 aliphatic carbocycles. The van der Waals surface area contributed by atoms with Gasteiger partial charge in [-0.1, -0.05) is 146 Å². The minimum Gasteiger partial charge on any atom is -0.306 e. The molecule has 0 saturated carbocycles. The second-order valence-corrected chi connectivity index (χ2v) is 13.0. The number of fused-ring (bicyclic) bond motifs is 9. The molecule has 0 aliphatic rings. The molecule has 0 N–H and O–H groups in total. The Balaban J connectivity index is 1.12. The van der Waals surface area contributed by atoms with Crippen molar-refractivity contribution in [1.29, 1.82) is 0 Å². The topological polar surface area (TPSA) is 35.1 Å². The van der Waals surface area contributed by atoms with E-state index in [9.17, 15) is 0 Å². The first-order chi connectivity index (χ1) is 24.8. The maximum atomic E-state index is 5.42. The maximum absolute atomic E-state index is 5.42. The predicted octanol–water partition coefficient (Wildman–Crippen LogP) is 11.7. The number of benzene rings is 6. The maximum Gasteiger partial charge on any atom is 0.235 e. The van der Waals surface area contributed by atoms with Crippen LogP contribution in [0.1, 0.15) is 0 Å². The van der Waals surface area contributed by atoms with Crippen molar-refractivity contribution in [2.45, 2.75) is 0 Å². The number of aromatic nitrogens is 4. The molecule has 0 fully saturated rings. The van der Waals surface area contributed by atoms with Crippen LogP contribution < -0.4 is 0 Å². The van der Waals surface area contributed by atoms with Crippen LogP contribution in [0.2, 0.25) is 0 Å². The minimum atomic E-state index is 0.670. The van der Waals surface area contributed by atoms with Gasteiger partial charge in [0.05, 0.1) is 38.8 Å². The van der Waals surface area contributed by atoms with Crippen molar-refractivity contribution in [1.82, 2.24) is 18.9 Å². The molecule has 4 nitrogen and oxygen atoms in total. The highest BCUT2D eigenvalue weighted by Crippen LogP contribution is 2.44. The highest BCUT2D eigenvalue weighted by molar-refractivity contribution is 6.29. The summed E-state index contributed by atoms with van der Waals surface area (Å²) in [5.74, 6) is 0.670. The summed E-state index contributed by atoms with van der Waals surface area (Å²) < 4.78 is 4.71. The van der Waals surface area contributed by atoms with Gasteiger partial charge in [0.2, 0.25) is 5.95 Å². The van der Waals surface area contributed by atoms with Crippen molar-refractivity contribution in [3.05, 3.63) is 170 Å². The lowest BCUT2D eigenvalue weighted by molar-refractivity contribution is 1.02. The Labute approximate surface area is 287 Å². The van der Waals surface area contributed by atoms with E-state index in [0.717, 1.165) is 33.2 Å². The van der Waals surface area contributed by atoms with Gasteiger partial charge in [-0.3, -0.25) is 4.57 Å². The quantitative estimate of drug-likeness (QED) is 0.193. The molecule has 0 spiro atoms. The summed E-state index contributed by atoms with van der Waals surface area (Å²) in [6.45, 7) is 0. The van der Waals surface area contributed by atoms with Crippen molar-refractivity contribution >= 4 is 60.0 Å². The normalized spacial score (nSPS) is 12.0. The Kier molecular flexibility index (Phi) is 5.63. The van der Waals surface area contributed by atoms with Crippen LogP contribution in [0.4, 0.5) is 0 Å². The molecule has 5 heterocycles. The van der Waals surface area contributed by atoms with E-state index in [1.165, 1.54) is 60.3 Å². The largest absolute Gasteiger partial charge is 0.306 e. The Bertz CT molecular complexity index is 3060. The van der Waals surface area contributed by atoms with E-state index in [0.29, 0.717) is 5.95 Å². The standard InChI is InChI=1S/C46H28N4/c1-2-11-29(12-3-1)30-21-23-31(24-22-30)32-25-27-33(28-26-32)43-36-15-6-8-17-38(36)47-46(48-43)50-40-18-9-7-16-37(40)42-41-20-10-19-39-34-13-4-5-14-35(34)44(45(42)50)49(39)41/h1-28H. The Hall–Kier alpha value is -6.78. The molecule has 4 heteroatoms. The zero-order chi connectivity index (χ0) is 32.8. The number of para-hydroxylation sites is 2. The molecule has 0 bridgehead atoms. The molecule has 50 heavy (non-hydrogen) atoms. The molecule has 0 unspecified atom stereocenters. The van der Waals surface area contributed by atoms with Gasteiger partial charge in [0.1, 0.15) is 0 Å². The number of rotatable bonds is 4. The summed E-state index contributed by atoms with van der Waals surface area (Å²) in [4.78, 5) is 10.7. The molecule has 0 aliphatic heterocycles. The Morgan fingerprint density at radius 1 is 0.340 bits per heavy atom. The Morgan fingerprint density at radius 2 is 0.880 bits per heavy atom. The lowest BCUT2D eigenvalue weighted by Gasteiger charge is -2.12. The van der Waals surface area contributed by atoms with E-state index < -0.39 is 0 Å². The van der Waals surface area contributed by atoms with Gasteiger partial charge < -0.3 is 4.40 Å². The lowest BCUT2D eigenvalue weighted by atomic mass is 9.98. The number of hydrogen-bond acceptors (Lipinski definition) is 2. The summed E-state index contributed by atoms with van der Waals surface area (Å²) in [6.07, 6.45) is 0. The van der Waals surface area contributed by atoms with Gasteiger partial charge in [0.15, 0.2) is 0 Å². The van der Waals surface area contributed by atoms with E-state index >= 15 is 0 Å². The fourth-order valence-corrected chi connectivity index (χ4v) is 8.04. The second kappa shape index (κ2) is 10.4. The lowest BCUT2D eigenvalue weighted by Crippen LogP contribution is -2.03. The number of hydrogen-bond donors (Lipinski definition) is 0. The van der Waals surface area contributed by atoms with E-state index in [-0.39, 0.29) is 0 Å². The minimum absolute atomic E-state index is 0.670. The summed E-state index contributed by atoms with van der Waals surface area (Å²) in [7, 11) is 0. The molecule has 6 aromatic carbocycles. The molecular formula is C46H28N4. The number of pyridine rings is 1. The summed E-state index contributed by atoms with van der Waals surface area (Å²) in [5.41, 5.74) is 13.5. The van der Waals surface area contributed by atoms with Gasteiger partial charge in [-0.15, -0.1) is 0 Å². The third kappa shape index (κ3) is 3.81. The van der Waals surface area contributed by atoms with Crippen LogP contribution in [0.15, 0.2) is 170 Å². The van der Waals surface area contributed by atoms with Crippen LogP contribution in [-0.4, -0.2) is 18.9 Å². The molecule has 0 saturated heterocycles. The molecule has 0 radical (unpaired) electrons. The summed E-state index contributed by atoms with van der Waals surface area (Å²) in [5, 5.41) is 5.94. The summed E-state index contributed by atoms with van der Waals surface area (Å²) >= 11 is 0. The van der Waals surface area contributed by atoms with Gasteiger partial charge in [-0.2, -0.15) is 0 Å². The van der Waals surface area contributed by atoms with Crippen molar-refractivity contribution in [3.63, 3.8) is 0 Å². The smallest absolute Gasteiger partial charge is 0.235 e. The molecule has 11 aromatic rings. The van der Waals surface area contributed by atoms with Gasteiger partial charge in [-0.25, -0.2) is 9.97 Å². The second-order valence-electron chi connectivity index (χ2n) is 13.0. The molecule has 0 atom stereocenters. The third-order valence-corrected chi connectivity index (χ3v) is 10.3. The van der Waals surface area contributed by atoms with Crippen molar-refractivity contribution in [2.24, 2.45) is 0 Å². The fraction of sp³-hybridized carbons (Fsp3) is 0. The molecule has 232 valence electrons.